The molecule has 0 spiro atoms. The molecule has 0 unspecified atom stereocenters. The van der Waals surface area contributed by atoms with Crippen molar-refractivity contribution in [1.82, 2.24) is 0 Å². The van der Waals surface area contributed by atoms with E-state index in [4.69, 9.17) is 5.73 Å². The van der Waals surface area contributed by atoms with E-state index < -0.39 is 49.0 Å². The van der Waals surface area contributed by atoms with Crippen molar-refractivity contribution in [3.05, 3.63) is 30.3 Å². The average Bonchev–Trinajstić information content (AvgIpc) is 2.14. The van der Waals surface area contributed by atoms with Gasteiger partial charge in [-0.15, -0.1) is 0 Å². The molecule has 4 N–H and O–H groups in total. The number of nitrogens with zero attached hydrogens (tertiary/aromatic N) is 3. The molecule has 0 aliphatic rings. The molecular formula is C6H4N4O8. The van der Waals surface area contributed by atoms with E-state index in [0.717, 1.165) is 0 Å². The second-order valence-electron chi connectivity index (χ2n) is 2.93. The molecule has 12 heteroatoms. The van der Waals surface area contributed by atoms with Crippen LogP contribution in [0.25, 0.3) is 0 Å². The number of nitrogen functional groups attached to an aromatic ring is 1. The minimum atomic E-state index is -1.55. The fraction of sp³-hybridized carbons (Fsp3) is 0. The number of hydrogen-bond acceptors (Lipinski definition) is 9. The number of aromatic hydroxyl groups is 2. The molecule has 96 valence electrons. The van der Waals surface area contributed by atoms with Crippen molar-refractivity contribution in [3.8, 4) is 11.5 Å². The van der Waals surface area contributed by atoms with E-state index >= 15 is 0 Å². The zero-order chi connectivity index (χ0) is 14.2. The van der Waals surface area contributed by atoms with E-state index in [1.54, 1.807) is 0 Å². The smallest absolute Gasteiger partial charge is 0.366 e. The van der Waals surface area contributed by atoms with Gasteiger partial charge in [0.1, 0.15) is 0 Å². The van der Waals surface area contributed by atoms with Crippen LogP contribution in [0.15, 0.2) is 0 Å². The number of phenols is 2. The number of phenolic OH excluding ortho intramolecular Hbond substituents is 2. The van der Waals surface area contributed by atoms with Gasteiger partial charge in [0.05, 0.1) is 14.8 Å². The van der Waals surface area contributed by atoms with E-state index in [0.29, 0.717) is 0 Å². The summed E-state index contributed by atoms with van der Waals surface area (Å²) in [6, 6.07) is 0. The number of nitro benzene ring substituents is 3. The summed E-state index contributed by atoms with van der Waals surface area (Å²) >= 11 is 0. The summed E-state index contributed by atoms with van der Waals surface area (Å²) in [7, 11) is 0. The average molecular weight is 260 g/mol. The van der Waals surface area contributed by atoms with Crippen molar-refractivity contribution >= 4 is 22.7 Å². The minimum Gasteiger partial charge on any atom is -0.497 e. The van der Waals surface area contributed by atoms with E-state index in [2.05, 4.69) is 0 Å². The Morgan fingerprint density at radius 2 is 1.06 bits per heavy atom. The summed E-state index contributed by atoms with van der Waals surface area (Å²) in [4.78, 5) is 27.5. The number of benzene rings is 1. The van der Waals surface area contributed by atoms with Gasteiger partial charge < -0.3 is 15.9 Å². The lowest BCUT2D eigenvalue weighted by molar-refractivity contribution is -0.404. The maximum atomic E-state index is 10.5. The molecule has 0 aliphatic heterocycles. The van der Waals surface area contributed by atoms with Crippen LogP contribution in [0.2, 0.25) is 0 Å². The predicted molar refractivity (Wildman–Crippen MR) is 54.1 cm³/mol. The molecule has 0 bridgehead atoms. The second kappa shape index (κ2) is 4.00. The van der Waals surface area contributed by atoms with Gasteiger partial charge in [-0.1, -0.05) is 0 Å². The van der Waals surface area contributed by atoms with Crippen LogP contribution in [0, 0.1) is 30.3 Å². The molecule has 1 rings (SSSR count). The van der Waals surface area contributed by atoms with Crippen molar-refractivity contribution in [3.63, 3.8) is 0 Å². The van der Waals surface area contributed by atoms with Gasteiger partial charge in [-0.2, -0.15) is 0 Å². The maximum absolute atomic E-state index is 10.5. The highest BCUT2D eigenvalue weighted by Gasteiger charge is 2.41. The van der Waals surface area contributed by atoms with Crippen LogP contribution in [0.1, 0.15) is 0 Å². The molecule has 0 aromatic heterocycles. The molecule has 0 aliphatic carbocycles. The molecule has 0 radical (unpaired) electrons. The number of hydrogen-bond donors (Lipinski definition) is 3. The van der Waals surface area contributed by atoms with Gasteiger partial charge in [-0.05, 0) is 0 Å². The van der Waals surface area contributed by atoms with Crippen LogP contribution in [-0.4, -0.2) is 25.0 Å². The highest BCUT2D eigenvalue weighted by Crippen LogP contribution is 2.52. The molecule has 0 amide bonds. The highest BCUT2D eigenvalue weighted by atomic mass is 16.6. The first-order chi connectivity index (χ1) is 8.20. The quantitative estimate of drug-likeness (QED) is 0.391. The summed E-state index contributed by atoms with van der Waals surface area (Å²) in [5, 5.41) is 50.1. The van der Waals surface area contributed by atoms with Crippen LogP contribution >= 0.6 is 0 Å². The van der Waals surface area contributed by atoms with Gasteiger partial charge in [-0.25, -0.2) is 0 Å². The largest absolute Gasteiger partial charge is 0.497 e. The van der Waals surface area contributed by atoms with Gasteiger partial charge >= 0.3 is 17.1 Å². The Hall–Kier alpha value is -3.18. The monoisotopic (exact) mass is 260 g/mol. The minimum absolute atomic E-state index is 1.18. The Balaban J connectivity index is 3.94. The Morgan fingerprint density at radius 1 is 0.778 bits per heavy atom. The molecule has 12 nitrogen and oxygen atoms in total. The maximum Gasteiger partial charge on any atom is 0.366 e. The van der Waals surface area contributed by atoms with E-state index in [-0.39, 0.29) is 0 Å². The van der Waals surface area contributed by atoms with E-state index in [1.165, 1.54) is 0 Å². The first kappa shape index (κ1) is 12.9. The first-order valence-electron chi connectivity index (χ1n) is 4.00. The van der Waals surface area contributed by atoms with Gasteiger partial charge in [0.15, 0.2) is 5.69 Å². The summed E-state index contributed by atoms with van der Waals surface area (Å²) in [5.41, 5.74) is -0.520. The van der Waals surface area contributed by atoms with Crippen LogP contribution < -0.4 is 5.73 Å². The highest BCUT2D eigenvalue weighted by molar-refractivity contribution is 5.87. The normalized spacial score (nSPS) is 10.0. The summed E-state index contributed by atoms with van der Waals surface area (Å²) in [6.07, 6.45) is 0. The Morgan fingerprint density at radius 3 is 1.28 bits per heavy atom. The topological polar surface area (TPSA) is 196 Å². The number of nitrogens with two attached hydrogens (primary N) is 1. The zero-order valence-corrected chi connectivity index (χ0v) is 8.26. The van der Waals surface area contributed by atoms with Gasteiger partial charge in [0.25, 0.3) is 11.5 Å². The SMILES string of the molecule is Nc1c([N+](=O)[O-])c(O)c([N+](=O)[O-])c(O)c1[N+](=O)[O-]. The molecule has 0 heterocycles. The van der Waals surface area contributed by atoms with E-state index in [9.17, 15) is 40.6 Å². The number of rotatable bonds is 3. The van der Waals surface area contributed by atoms with Gasteiger partial charge in [0.2, 0.25) is 0 Å². The fourth-order valence-electron chi connectivity index (χ4n) is 1.25. The molecule has 0 fully saturated rings. The van der Waals surface area contributed by atoms with Crippen LogP contribution in [0.4, 0.5) is 22.7 Å². The summed E-state index contributed by atoms with van der Waals surface area (Å²) in [5.74, 6) is -3.10. The second-order valence-corrected chi connectivity index (χ2v) is 2.93. The molecule has 1 aromatic rings. The molecule has 0 atom stereocenters. The lowest BCUT2D eigenvalue weighted by Crippen LogP contribution is -2.04. The predicted octanol–water partition coefficient (Wildman–Crippen LogP) is 0.405. The number of nitro groups is 3. The van der Waals surface area contributed by atoms with Crippen LogP contribution in [0.5, 0.6) is 11.5 Å². The Kier molecular flexibility index (Phi) is 2.87. The third kappa shape index (κ3) is 1.66. The lowest BCUT2D eigenvalue weighted by atomic mass is 10.1. The standard InChI is InChI=1S/C6H4N4O8/c7-1-2(8(13)14)5(11)4(10(17)18)6(12)3(1)9(15)16/h11-12H,7H2. The molecule has 0 saturated carbocycles. The van der Waals surface area contributed by atoms with Crippen molar-refractivity contribution in [2.24, 2.45) is 0 Å². The molecule has 1 aromatic carbocycles. The third-order valence-electron chi connectivity index (χ3n) is 1.96. The Bertz CT molecular complexity index is 479. The van der Waals surface area contributed by atoms with Gasteiger partial charge in [0, 0.05) is 0 Å². The van der Waals surface area contributed by atoms with E-state index in [1.807, 2.05) is 0 Å². The third-order valence-corrected chi connectivity index (χ3v) is 1.96. The zero-order valence-electron chi connectivity index (χ0n) is 8.26. The van der Waals surface area contributed by atoms with Crippen LogP contribution in [-0.2, 0) is 0 Å². The molecule has 0 saturated heterocycles. The van der Waals surface area contributed by atoms with Crippen LogP contribution in [0.3, 0.4) is 0 Å². The first-order valence-corrected chi connectivity index (χ1v) is 4.00. The van der Waals surface area contributed by atoms with Crippen molar-refractivity contribution in [2.45, 2.75) is 0 Å². The van der Waals surface area contributed by atoms with Crippen molar-refractivity contribution in [1.29, 1.82) is 0 Å². The van der Waals surface area contributed by atoms with Crippen molar-refractivity contribution < 1.29 is 25.0 Å². The fourth-order valence-corrected chi connectivity index (χ4v) is 1.25. The lowest BCUT2D eigenvalue weighted by Gasteiger charge is -2.04. The van der Waals surface area contributed by atoms with Gasteiger partial charge in [-0.3, -0.25) is 30.3 Å². The molecule has 18 heavy (non-hydrogen) atoms. The number of anilines is 1. The van der Waals surface area contributed by atoms with Crippen molar-refractivity contribution in [2.75, 3.05) is 5.73 Å². The summed E-state index contributed by atoms with van der Waals surface area (Å²) in [6.45, 7) is 0. The summed E-state index contributed by atoms with van der Waals surface area (Å²) < 4.78 is 0. The molecular weight excluding hydrogens is 256 g/mol. The Labute approximate surface area is 96.3 Å².